The van der Waals surface area contributed by atoms with Gasteiger partial charge in [-0.05, 0) is 12.1 Å². The van der Waals surface area contributed by atoms with Crippen LogP contribution in [0.2, 0.25) is 0 Å². The molecule has 0 spiro atoms. The molecule has 0 radical (unpaired) electrons. The van der Waals surface area contributed by atoms with E-state index in [9.17, 15) is 4.79 Å². The Balaban J connectivity index is 2.75. The van der Waals surface area contributed by atoms with E-state index < -0.39 is 0 Å². The van der Waals surface area contributed by atoms with Gasteiger partial charge < -0.3 is 4.74 Å². The number of ether oxygens (including phenoxy) is 1. The van der Waals surface area contributed by atoms with Gasteiger partial charge in [0.25, 0.3) is 0 Å². The average Bonchev–Trinajstić information content (AvgIpc) is 2.66. The molecule has 0 bridgehead atoms. The summed E-state index contributed by atoms with van der Waals surface area (Å²) < 4.78 is 7.07. The third-order valence-corrected chi connectivity index (χ3v) is 2.53. The minimum Gasteiger partial charge on any atom is -0.495 e. The van der Waals surface area contributed by atoms with Crippen LogP contribution in [0, 0.1) is 0 Å². The second-order valence-electron chi connectivity index (χ2n) is 3.95. The van der Waals surface area contributed by atoms with Gasteiger partial charge in [0.05, 0.1) is 18.8 Å². The molecule has 4 heteroatoms. The lowest BCUT2D eigenvalue weighted by Crippen LogP contribution is -1.97. The summed E-state index contributed by atoms with van der Waals surface area (Å²) in [5.74, 6) is 1.88. The molecule has 0 saturated heterocycles. The van der Waals surface area contributed by atoms with Gasteiger partial charge in [0.15, 0.2) is 6.29 Å². The van der Waals surface area contributed by atoms with Crippen molar-refractivity contribution in [1.29, 1.82) is 0 Å². The van der Waals surface area contributed by atoms with Crippen LogP contribution in [0.3, 0.4) is 0 Å². The molecule has 84 valence electrons. The smallest absolute Gasteiger partial charge is 0.170 e. The van der Waals surface area contributed by atoms with Crippen molar-refractivity contribution in [2.45, 2.75) is 19.8 Å². The zero-order valence-corrected chi connectivity index (χ0v) is 9.60. The van der Waals surface area contributed by atoms with Crippen LogP contribution in [0.1, 0.15) is 36.1 Å². The first kappa shape index (κ1) is 10.7. The number of fused-ring (bicyclic) bond motifs is 1. The van der Waals surface area contributed by atoms with Crippen molar-refractivity contribution in [3.63, 3.8) is 0 Å². The highest BCUT2D eigenvalue weighted by Crippen LogP contribution is 2.21. The summed E-state index contributed by atoms with van der Waals surface area (Å²) in [6, 6.07) is 3.68. The molecular weight excluding hydrogens is 204 g/mol. The largest absolute Gasteiger partial charge is 0.495 e. The van der Waals surface area contributed by atoms with Gasteiger partial charge in [0.1, 0.15) is 17.3 Å². The van der Waals surface area contributed by atoms with Crippen LogP contribution >= 0.6 is 0 Å². The number of hydrogen-bond acceptors (Lipinski definition) is 3. The fourth-order valence-corrected chi connectivity index (χ4v) is 1.73. The Labute approximate surface area is 93.9 Å². The first-order valence-corrected chi connectivity index (χ1v) is 5.18. The van der Waals surface area contributed by atoms with Crippen LogP contribution in [0.15, 0.2) is 18.3 Å². The van der Waals surface area contributed by atoms with Crippen LogP contribution in [-0.2, 0) is 0 Å². The average molecular weight is 218 g/mol. The predicted octanol–water partition coefficient (Wildman–Crippen LogP) is 2.28. The number of aromatic nitrogens is 2. The summed E-state index contributed by atoms with van der Waals surface area (Å²) >= 11 is 0. The van der Waals surface area contributed by atoms with Crippen LogP contribution in [0.5, 0.6) is 5.75 Å². The maximum absolute atomic E-state index is 10.9. The van der Waals surface area contributed by atoms with Gasteiger partial charge in [-0.2, -0.15) is 0 Å². The van der Waals surface area contributed by atoms with Crippen LogP contribution in [-0.4, -0.2) is 22.8 Å². The number of aldehydes is 1. The number of hydrogen-bond donors (Lipinski definition) is 0. The number of carbonyl (C=O) groups is 1. The Morgan fingerprint density at radius 1 is 1.44 bits per heavy atom. The van der Waals surface area contributed by atoms with Gasteiger partial charge in [0, 0.05) is 5.92 Å². The maximum Gasteiger partial charge on any atom is 0.170 e. The Morgan fingerprint density at radius 2 is 2.19 bits per heavy atom. The summed E-state index contributed by atoms with van der Waals surface area (Å²) in [7, 11) is 1.62. The standard InChI is InChI=1S/C12H14N2O2/c1-8(2)12-13-10(7-15)11-5-4-9(16-3)6-14(11)12/h4-8H,1-3H3. The van der Waals surface area contributed by atoms with E-state index in [0.717, 1.165) is 23.4 Å². The highest BCUT2D eigenvalue weighted by molar-refractivity contribution is 5.84. The van der Waals surface area contributed by atoms with Crippen molar-refractivity contribution in [2.24, 2.45) is 0 Å². The third kappa shape index (κ3) is 1.56. The van der Waals surface area contributed by atoms with Gasteiger partial charge in [-0.1, -0.05) is 13.8 Å². The summed E-state index contributed by atoms with van der Waals surface area (Å²) in [6.07, 6.45) is 2.64. The number of methoxy groups -OCH3 is 1. The normalized spacial score (nSPS) is 11.0. The molecule has 0 saturated carbocycles. The lowest BCUT2D eigenvalue weighted by atomic mass is 10.2. The molecule has 0 aromatic carbocycles. The number of rotatable bonds is 3. The monoisotopic (exact) mass is 218 g/mol. The molecule has 0 atom stereocenters. The molecule has 4 nitrogen and oxygen atoms in total. The van der Waals surface area contributed by atoms with Gasteiger partial charge in [0.2, 0.25) is 0 Å². The van der Waals surface area contributed by atoms with Crippen molar-refractivity contribution < 1.29 is 9.53 Å². The Kier molecular flexibility index (Phi) is 2.64. The van der Waals surface area contributed by atoms with Crippen LogP contribution < -0.4 is 4.74 Å². The van der Waals surface area contributed by atoms with E-state index in [1.54, 1.807) is 7.11 Å². The molecule has 0 fully saturated rings. The molecule has 0 aliphatic rings. The molecule has 16 heavy (non-hydrogen) atoms. The van der Waals surface area contributed by atoms with Crippen molar-refractivity contribution in [3.05, 3.63) is 29.8 Å². The zero-order valence-electron chi connectivity index (χ0n) is 9.60. The molecular formula is C12H14N2O2. The minimum absolute atomic E-state index is 0.258. The maximum atomic E-state index is 10.9. The Morgan fingerprint density at radius 3 is 2.75 bits per heavy atom. The molecule has 0 amide bonds. The highest BCUT2D eigenvalue weighted by Gasteiger charge is 2.13. The van der Waals surface area contributed by atoms with Crippen LogP contribution in [0.4, 0.5) is 0 Å². The molecule has 0 aliphatic carbocycles. The molecule has 0 N–H and O–H groups in total. The quantitative estimate of drug-likeness (QED) is 0.742. The van der Waals surface area contributed by atoms with Gasteiger partial charge in [-0.3, -0.25) is 9.20 Å². The van der Waals surface area contributed by atoms with E-state index in [1.165, 1.54) is 0 Å². The van der Waals surface area contributed by atoms with Gasteiger partial charge >= 0.3 is 0 Å². The van der Waals surface area contributed by atoms with Crippen molar-refractivity contribution >= 4 is 11.8 Å². The second kappa shape index (κ2) is 3.96. The number of carbonyl (C=O) groups excluding carboxylic acids is 1. The van der Waals surface area contributed by atoms with E-state index in [1.807, 2.05) is 36.6 Å². The fraction of sp³-hybridized carbons (Fsp3) is 0.333. The second-order valence-corrected chi connectivity index (χ2v) is 3.95. The number of nitrogens with zero attached hydrogens (tertiary/aromatic N) is 2. The Bertz CT molecular complexity index is 529. The van der Waals surface area contributed by atoms with Gasteiger partial charge in [-0.25, -0.2) is 4.98 Å². The van der Waals surface area contributed by atoms with E-state index in [2.05, 4.69) is 4.98 Å². The summed E-state index contributed by atoms with van der Waals surface area (Å²) in [5, 5.41) is 0. The summed E-state index contributed by atoms with van der Waals surface area (Å²) in [5.41, 5.74) is 1.30. The number of imidazole rings is 1. The van der Waals surface area contributed by atoms with E-state index in [0.29, 0.717) is 5.69 Å². The minimum atomic E-state index is 0.258. The van der Waals surface area contributed by atoms with E-state index >= 15 is 0 Å². The molecule has 0 unspecified atom stereocenters. The Hall–Kier alpha value is -1.84. The number of pyridine rings is 1. The summed E-state index contributed by atoms with van der Waals surface area (Å²) in [4.78, 5) is 15.2. The van der Waals surface area contributed by atoms with Crippen molar-refractivity contribution in [1.82, 2.24) is 9.38 Å². The molecule has 2 aromatic heterocycles. The van der Waals surface area contributed by atoms with E-state index in [-0.39, 0.29) is 5.92 Å². The lowest BCUT2D eigenvalue weighted by Gasteiger charge is -2.05. The third-order valence-electron chi connectivity index (χ3n) is 2.53. The van der Waals surface area contributed by atoms with Crippen molar-refractivity contribution in [2.75, 3.05) is 7.11 Å². The fourth-order valence-electron chi connectivity index (χ4n) is 1.73. The molecule has 2 rings (SSSR count). The molecule has 2 heterocycles. The summed E-state index contributed by atoms with van der Waals surface area (Å²) in [6.45, 7) is 4.09. The zero-order chi connectivity index (χ0) is 11.7. The van der Waals surface area contributed by atoms with Crippen molar-refractivity contribution in [3.8, 4) is 5.75 Å². The molecule has 2 aromatic rings. The SMILES string of the molecule is COc1ccc2c(C=O)nc(C(C)C)n2c1. The van der Waals surface area contributed by atoms with E-state index in [4.69, 9.17) is 4.74 Å². The first-order chi connectivity index (χ1) is 7.67. The lowest BCUT2D eigenvalue weighted by molar-refractivity contribution is 0.112. The van der Waals surface area contributed by atoms with Gasteiger partial charge in [-0.15, -0.1) is 0 Å². The highest BCUT2D eigenvalue weighted by atomic mass is 16.5. The topological polar surface area (TPSA) is 43.6 Å². The molecule has 0 aliphatic heterocycles. The predicted molar refractivity (Wildman–Crippen MR) is 61.2 cm³/mol. The first-order valence-electron chi connectivity index (χ1n) is 5.18. The van der Waals surface area contributed by atoms with Crippen LogP contribution in [0.25, 0.3) is 5.52 Å².